The number of aromatic nitrogens is 1. The van der Waals surface area contributed by atoms with Gasteiger partial charge in [0.1, 0.15) is 0 Å². The number of nitro groups is 1. The summed E-state index contributed by atoms with van der Waals surface area (Å²) < 4.78 is 2.19. The van der Waals surface area contributed by atoms with Crippen molar-refractivity contribution >= 4 is 28.7 Å². The molecule has 0 fully saturated rings. The molecule has 1 aromatic heterocycles. The molecule has 7 nitrogen and oxygen atoms in total. The zero-order chi connectivity index (χ0) is 25.6. The first-order valence-corrected chi connectivity index (χ1v) is 11.9. The number of benzene rings is 4. The van der Waals surface area contributed by atoms with Gasteiger partial charge in [0.25, 0.3) is 5.69 Å². The van der Waals surface area contributed by atoms with Gasteiger partial charge in [0, 0.05) is 47.1 Å². The predicted octanol–water partition coefficient (Wildman–Crippen LogP) is 6.42. The molecule has 182 valence electrons. The molecule has 5 aromatic rings. The van der Waals surface area contributed by atoms with E-state index in [9.17, 15) is 14.9 Å². The second-order valence-corrected chi connectivity index (χ2v) is 8.52. The fourth-order valence-electron chi connectivity index (χ4n) is 4.50. The second-order valence-electron chi connectivity index (χ2n) is 8.52. The van der Waals surface area contributed by atoms with Crippen LogP contribution < -0.4 is 5.43 Å². The van der Waals surface area contributed by atoms with Gasteiger partial charge in [-0.3, -0.25) is 14.9 Å². The third-order valence-corrected chi connectivity index (χ3v) is 6.13. The first kappa shape index (κ1) is 23.7. The normalized spacial score (nSPS) is 11.1. The van der Waals surface area contributed by atoms with Crippen LogP contribution in [0.4, 0.5) is 5.69 Å². The van der Waals surface area contributed by atoms with E-state index < -0.39 is 4.92 Å². The molecule has 1 heterocycles. The molecular weight excluding hydrogens is 464 g/mol. The smallest absolute Gasteiger partial charge is 0.270 e. The summed E-state index contributed by atoms with van der Waals surface area (Å²) in [6, 6.07) is 34.8. The summed E-state index contributed by atoms with van der Waals surface area (Å²) >= 11 is 0. The van der Waals surface area contributed by atoms with Gasteiger partial charge in [-0.25, -0.2) is 5.43 Å². The van der Waals surface area contributed by atoms with E-state index in [-0.39, 0.29) is 18.0 Å². The third-order valence-electron chi connectivity index (χ3n) is 6.13. The van der Waals surface area contributed by atoms with E-state index in [4.69, 9.17) is 0 Å². The lowest BCUT2D eigenvalue weighted by atomic mass is 9.98. The third kappa shape index (κ3) is 5.16. The summed E-state index contributed by atoms with van der Waals surface area (Å²) in [6.45, 7) is 0.454. The molecule has 0 aliphatic carbocycles. The average Bonchev–Trinajstić information content (AvgIpc) is 3.27. The number of para-hydroxylation sites is 1. The van der Waals surface area contributed by atoms with Gasteiger partial charge in [-0.05, 0) is 17.2 Å². The summed E-state index contributed by atoms with van der Waals surface area (Å²) in [5.41, 5.74) is 8.47. The van der Waals surface area contributed by atoms with Crippen molar-refractivity contribution in [3.8, 4) is 22.4 Å². The molecule has 0 saturated heterocycles. The minimum Gasteiger partial charge on any atom is -0.339 e. The Hall–Kier alpha value is -5.04. The monoisotopic (exact) mass is 488 g/mol. The molecule has 0 bridgehead atoms. The summed E-state index contributed by atoms with van der Waals surface area (Å²) in [5.74, 6) is -0.250. The number of hydrogen-bond donors (Lipinski definition) is 1. The van der Waals surface area contributed by atoms with Gasteiger partial charge in [0.15, 0.2) is 0 Å². The van der Waals surface area contributed by atoms with Crippen molar-refractivity contribution in [2.75, 3.05) is 0 Å². The number of aryl methyl sites for hydroxylation is 1. The Morgan fingerprint density at radius 2 is 1.54 bits per heavy atom. The van der Waals surface area contributed by atoms with Crippen LogP contribution in [0.1, 0.15) is 12.0 Å². The zero-order valence-electron chi connectivity index (χ0n) is 20.0. The first-order chi connectivity index (χ1) is 18.1. The Kier molecular flexibility index (Phi) is 6.85. The number of nitrogens with one attached hydrogen (secondary N) is 1. The highest BCUT2D eigenvalue weighted by molar-refractivity contribution is 6.04. The molecule has 0 spiro atoms. The van der Waals surface area contributed by atoms with E-state index in [0.29, 0.717) is 12.1 Å². The lowest BCUT2D eigenvalue weighted by molar-refractivity contribution is -0.384. The fraction of sp³-hybridized carbons (Fsp3) is 0.0667. The number of amides is 1. The SMILES string of the molecule is O=C(CCn1c(-c2ccccc2)c(-c2ccccc2)c2ccccc21)N/N=C\c1cccc([N+](=O)[O-])c1. The van der Waals surface area contributed by atoms with Crippen molar-refractivity contribution in [3.63, 3.8) is 0 Å². The maximum Gasteiger partial charge on any atom is 0.270 e. The summed E-state index contributed by atoms with van der Waals surface area (Å²) in [5, 5.41) is 16.1. The van der Waals surface area contributed by atoms with Crippen LogP contribution in [-0.2, 0) is 11.3 Å². The molecule has 0 radical (unpaired) electrons. The highest BCUT2D eigenvalue weighted by atomic mass is 16.6. The maximum atomic E-state index is 12.7. The highest BCUT2D eigenvalue weighted by Crippen LogP contribution is 2.40. The zero-order valence-corrected chi connectivity index (χ0v) is 20.0. The van der Waals surface area contributed by atoms with Crippen LogP contribution in [0.3, 0.4) is 0 Å². The summed E-state index contributed by atoms with van der Waals surface area (Å²) in [7, 11) is 0. The number of nitrogens with zero attached hydrogens (tertiary/aromatic N) is 3. The van der Waals surface area contributed by atoms with E-state index in [0.717, 1.165) is 33.3 Å². The van der Waals surface area contributed by atoms with Crippen LogP contribution in [0.2, 0.25) is 0 Å². The van der Waals surface area contributed by atoms with Crippen molar-refractivity contribution in [1.82, 2.24) is 9.99 Å². The topological polar surface area (TPSA) is 89.5 Å². The lowest BCUT2D eigenvalue weighted by Gasteiger charge is -2.13. The Morgan fingerprint density at radius 1 is 0.865 bits per heavy atom. The van der Waals surface area contributed by atoms with E-state index >= 15 is 0 Å². The molecule has 0 atom stereocenters. The van der Waals surface area contributed by atoms with Gasteiger partial charge >= 0.3 is 0 Å². The molecule has 0 unspecified atom stereocenters. The van der Waals surface area contributed by atoms with Crippen LogP contribution in [0.5, 0.6) is 0 Å². The van der Waals surface area contributed by atoms with Crippen LogP contribution >= 0.6 is 0 Å². The minimum atomic E-state index is -0.467. The number of hydrazone groups is 1. The van der Waals surface area contributed by atoms with Crippen LogP contribution in [0.25, 0.3) is 33.3 Å². The second kappa shape index (κ2) is 10.7. The number of nitro benzene ring substituents is 1. The lowest BCUT2D eigenvalue weighted by Crippen LogP contribution is -2.19. The quantitative estimate of drug-likeness (QED) is 0.155. The molecule has 5 rings (SSSR count). The largest absolute Gasteiger partial charge is 0.339 e. The number of carbonyl (C=O) groups is 1. The van der Waals surface area contributed by atoms with Crippen molar-refractivity contribution < 1.29 is 9.72 Å². The van der Waals surface area contributed by atoms with Gasteiger partial charge in [0.2, 0.25) is 5.91 Å². The molecule has 7 heteroatoms. The first-order valence-electron chi connectivity index (χ1n) is 11.9. The van der Waals surface area contributed by atoms with Crippen LogP contribution in [-0.4, -0.2) is 21.6 Å². The van der Waals surface area contributed by atoms with Gasteiger partial charge < -0.3 is 4.57 Å². The Morgan fingerprint density at radius 3 is 2.27 bits per heavy atom. The van der Waals surface area contributed by atoms with Gasteiger partial charge in [-0.2, -0.15) is 5.10 Å². The molecule has 37 heavy (non-hydrogen) atoms. The minimum absolute atomic E-state index is 0.0302. The number of hydrogen-bond acceptors (Lipinski definition) is 4. The van der Waals surface area contributed by atoms with Crippen LogP contribution in [0, 0.1) is 10.1 Å². The van der Waals surface area contributed by atoms with Gasteiger partial charge in [0.05, 0.1) is 16.8 Å². The van der Waals surface area contributed by atoms with E-state index in [1.165, 1.54) is 18.3 Å². The molecule has 1 N–H and O–H groups in total. The summed E-state index contributed by atoms with van der Waals surface area (Å²) in [6.07, 6.45) is 1.61. The molecule has 4 aromatic carbocycles. The molecule has 1 amide bonds. The van der Waals surface area contributed by atoms with Crippen molar-refractivity contribution in [2.24, 2.45) is 5.10 Å². The van der Waals surface area contributed by atoms with Crippen LogP contribution in [0.15, 0.2) is 114 Å². The number of carbonyl (C=O) groups excluding carboxylic acids is 1. The number of fused-ring (bicyclic) bond motifs is 1. The predicted molar refractivity (Wildman–Crippen MR) is 146 cm³/mol. The number of non-ortho nitro benzene ring substituents is 1. The number of rotatable bonds is 8. The van der Waals surface area contributed by atoms with E-state index in [1.54, 1.807) is 12.1 Å². The van der Waals surface area contributed by atoms with E-state index in [1.807, 2.05) is 48.5 Å². The van der Waals surface area contributed by atoms with Crippen molar-refractivity contribution in [1.29, 1.82) is 0 Å². The Labute approximate surface area is 213 Å². The molecule has 0 aliphatic rings. The van der Waals surface area contributed by atoms with E-state index in [2.05, 4.69) is 51.5 Å². The maximum absolute atomic E-state index is 12.7. The molecular formula is C30H24N4O3. The highest BCUT2D eigenvalue weighted by Gasteiger charge is 2.20. The summed E-state index contributed by atoms with van der Waals surface area (Å²) in [4.78, 5) is 23.2. The molecule has 0 saturated carbocycles. The average molecular weight is 489 g/mol. The fourth-order valence-corrected chi connectivity index (χ4v) is 4.50. The standard InChI is InChI=1S/C30H24N4O3/c35-28(32-31-21-22-10-9-15-25(20-22)34(36)37)18-19-33-27-17-8-7-16-26(27)29(23-11-3-1-4-12-23)30(33)24-13-5-2-6-14-24/h1-17,20-21H,18-19H2,(H,32,35)/b31-21-. The Balaban J connectivity index is 1.44. The Bertz CT molecular complexity index is 1590. The van der Waals surface area contributed by atoms with Gasteiger partial charge in [-0.15, -0.1) is 0 Å². The van der Waals surface area contributed by atoms with Crippen molar-refractivity contribution in [3.05, 3.63) is 125 Å². The van der Waals surface area contributed by atoms with Gasteiger partial charge in [-0.1, -0.05) is 91.0 Å². The molecule has 0 aliphatic heterocycles. The van der Waals surface area contributed by atoms with Crippen molar-refractivity contribution in [2.45, 2.75) is 13.0 Å².